The van der Waals surface area contributed by atoms with Crippen molar-refractivity contribution in [2.45, 2.75) is 31.8 Å². The number of likely N-dealkylation sites (tertiary alicyclic amines) is 1. The summed E-state index contributed by atoms with van der Waals surface area (Å²) < 4.78 is 0. The number of carbonyl (C=O) groups is 1. The average Bonchev–Trinajstić information content (AvgIpc) is 2.42. The highest BCUT2D eigenvalue weighted by Gasteiger charge is 2.38. The minimum atomic E-state index is -0.713. The number of rotatable bonds is 4. The molecular formula is C16H24N2O2. The van der Waals surface area contributed by atoms with Crippen LogP contribution in [0.1, 0.15) is 25.3 Å². The molecule has 1 aliphatic heterocycles. The molecule has 1 heterocycles. The van der Waals surface area contributed by atoms with Crippen molar-refractivity contribution in [1.82, 2.24) is 4.90 Å². The van der Waals surface area contributed by atoms with Crippen molar-refractivity contribution in [2.75, 3.05) is 19.6 Å². The van der Waals surface area contributed by atoms with Gasteiger partial charge in [0.2, 0.25) is 5.91 Å². The second-order valence-electron chi connectivity index (χ2n) is 5.87. The molecule has 4 nitrogen and oxygen atoms in total. The maximum atomic E-state index is 12.0. The molecule has 1 amide bonds. The first-order chi connectivity index (χ1) is 9.53. The number of carbonyl (C=O) groups excluding carboxylic acids is 1. The van der Waals surface area contributed by atoms with Crippen LogP contribution in [-0.2, 0) is 11.2 Å². The quantitative estimate of drug-likeness (QED) is 0.867. The lowest BCUT2D eigenvalue weighted by Gasteiger charge is -2.43. The summed E-state index contributed by atoms with van der Waals surface area (Å²) in [6.07, 6.45) is 1.81. The highest BCUT2D eigenvalue weighted by molar-refractivity contribution is 5.76. The molecule has 1 aromatic carbocycles. The molecule has 3 N–H and O–H groups in total. The largest absolute Gasteiger partial charge is 0.390 e. The molecule has 110 valence electrons. The predicted octanol–water partition coefficient (Wildman–Crippen LogP) is 1.18. The van der Waals surface area contributed by atoms with E-state index in [0.29, 0.717) is 32.5 Å². The lowest BCUT2D eigenvalue weighted by atomic mass is 9.79. The van der Waals surface area contributed by atoms with Gasteiger partial charge in [0.15, 0.2) is 0 Å². The monoisotopic (exact) mass is 276 g/mol. The van der Waals surface area contributed by atoms with E-state index in [2.05, 4.69) is 12.1 Å². The Morgan fingerprint density at radius 2 is 2.15 bits per heavy atom. The molecule has 2 atom stereocenters. The fourth-order valence-corrected chi connectivity index (χ4v) is 2.81. The van der Waals surface area contributed by atoms with Crippen molar-refractivity contribution in [3.05, 3.63) is 35.9 Å². The zero-order valence-electron chi connectivity index (χ0n) is 12.1. The number of nitrogens with zero attached hydrogens (tertiary/aromatic N) is 1. The molecule has 20 heavy (non-hydrogen) atoms. The van der Waals surface area contributed by atoms with Crippen LogP contribution in [-0.4, -0.2) is 41.1 Å². The van der Waals surface area contributed by atoms with E-state index >= 15 is 0 Å². The fourth-order valence-electron chi connectivity index (χ4n) is 2.81. The van der Waals surface area contributed by atoms with Gasteiger partial charge in [-0.25, -0.2) is 0 Å². The third-order valence-electron chi connectivity index (χ3n) is 4.24. The van der Waals surface area contributed by atoms with Crippen molar-refractivity contribution in [3.8, 4) is 0 Å². The Morgan fingerprint density at radius 3 is 2.80 bits per heavy atom. The van der Waals surface area contributed by atoms with Gasteiger partial charge in [0.1, 0.15) is 0 Å². The summed E-state index contributed by atoms with van der Waals surface area (Å²) in [4.78, 5) is 13.8. The lowest BCUT2D eigenvalue weighted by Crippen LogP contribution is -2.52. The van der Waals surface area contributed by atoms with Gasteiger partial charge in [-0.2, -0.15) is 0 Å². The van der Waals surface area contributed by atoms with Crippen LogP contribution in [0.25, 0.3) is 0 Å². The third-order valence-corrected chi connectivity index (χ3v) is 4.24. The number of aliphatic hydroxyl groups is 1. The van der Waals surface area contributed by atoms with Crippen molar-refractivity contribution in [3.63, 3.8) is 0 Å². The van der Waals surface area contributed by atoms with Crippen LogP contribution in [0.3, 0.4) is 0 Å². The van der Waals surface area contributed by atoms with Gasteiger partial charge in [0.05, 0.1) is 5.60 Å². The van der Waals surface area contributed by atoms with Gasteiger partial charge in [-0.1, -0.05) is 30.3 Å². The first-order valence-electron chi connectivity index (χ1n) is 7.27. The van der Waals surface area contributed by atoms with Crippen molar-refractivity contribution in [2.24, 2.45) is 11.7 Å². The van der Waals surface area contributed by atoms with Gasteiger partial charge < -0.3 is 15.7 Å². The highest BCUT2D eigenvalue weighted by Crippen LogP contribution is 2.30. The Bertz CT molecular complexity index is 445. The van der Waals surface area contributed by atoms with Crippen LogP contribution < -0.4 is 5.73 Å². The van der Waals surface area contributed by atoms with Crippen LogP contribution in [0.5, 0.6) is 0 Å². The summed E-state index contributed by atoms with van der Waals surface area (Å²) >= 11 is 0. The molecule has 0 aromatic heterocycles. The van der Waals surface area contributed by atoms with Gasteiger partial charge in [-0.3, -0.25) is 4.79 Å². The van der Waals surface area contributed by atoms with Crippen LogP contribution in [0, 0.1) is 5.92 Å². The molecule has 0 radical (unpaired) electrons. The van der Waals surface area contributed by atoms with Crippen LogP contribution in [0.15, 0.2) is 30.3 Å². The molecule has 1 saturated heterocycles. The maximum absolute atomic E-state index is 12.0. The summed E-state index contributed by atoms with van der Waals surface area (Å²) in [7, 11) is 0. The second-order valence-corrected chi connectivity index (χ2v) is 5.87. The number of nitrogens with two attached hydrogens (primary N) is 1. The fraction of sp³-hybridized carbons (Fsp3) is 0.562. The average molecular weight is 276 g/mol. The van der Waals surface area contributed by atoms with Crippen molar-refractivity contribution < 1.29 is 9.90 Å². The molecule has 0 unspecified atom stereocenters. The van der Waals surface area contributed by atoms with E-state index in [4.69, 9.17) is 5.73 Å². The second kappa shape index (κ2) is 6.37. The van der Waals surface area contributed by atoms with E-state index in [1.54, 1.807) is 0 Å². The third kappa shape index (κ3) is 3.58. The van der Waals surface area contributed by atoms with Gasteiger partial charge in [-0.05, 0) is 25.3 Å². The smallest absolute Gasteiger partial charge is 0.223 e. The molecule has 1 fully saturated rings. The minimum absolute atomic E-state index is 0.0698. The summed E-state index contributed by atoms with van der Waals surface area (Å²) in [5.74, 6) is 0.168. The van der Waals surface area contributed by atoms with Crippen LogP contribution >= 0.6 is 0 Å². The van der Waals surface area contributed by atoms with Crippen LogP contribution in [0.4, 0.5) is 0 Å². The lowest BCUT2D eigenvalue weighted by molar-refractivity contribution is -0.138. The first-order valence-corrected chi connectivity index (χ1v) is 7.27. The number of hydrogen-bond acceptors (Lipinski definition) is 3. The van der Waals surface area contributed by atoms with Gasteiger partial charge in [-0.15, -0.1) is 0 Å². The molecule has 0 saturated carbocycles. The van der Waals surface area contributed by atoms with Crippen LogP contribution in [0.2, 0.25) is 0 Å². The molecule has 1 aliphatic rings. The van der Waals surface area contributed by atoms with E-state index in [-0.39, 0.29) is 11.8 Å². The van der Waals surface area contributed by atoms with Crippen molar-refractivity contribution in [1.29, 1.82) is 0 Å². The Morgan fingerprint density at radius 1 is 1.45 bits per heavy atom. The molecule has 0 spiro atoms. The van der Waals surface area contributed by atoms with E-state index < -0.39 is 5.60 Å². The van der Waals surface area contributed by atoms with Crippen molar-refractivity contribution >= 4 is 5.91 Å². The normalized spacial score (nSPS) is 26.6. The highest BCUT2D eigenvalue weighted by atomic mass is 16.3. The van der Waals surface area contributed by atoms with Gasteiger partial charge >= 0.3 is 0 Å². The Balaban J connectivity index is 2.05. The molecule has 0 bridgehead atoms. The molecule has 2 rings (SSSR count). The SMILES string of the molecule is C[C@@]1(O)CCN(C(=O)CCN)C[C@@H]1Cc1ccccc1. The van der Waals surface area contributed by atoms with E-state index in [9.17, 15) is 9.90 Å². The van der Waals surface area contributed by atoms with E-state index in [1.807, 2.05) is 30.0 Å². The predicted molar refractivity (Wildman–Crippen MR) is 79.1 cm³/mol. The van der Waals surface area contributed by atoms with E-state index in [0.717, 1.165) is 6.42 Å². The number of amides is 1. The first kappa shape index (κ1) is 15.0. The molecule has 1 aromatic rings. The topological polar surface area (TPSA) is 66.6 Å². The van der Waals surface area contributed by atoms with Gasteiger partial charge in [0, 0.05) is 32.0 Å². The number of piperidine rings is 1. The summed E-state index contributed by atoms with van der Waals surface area (Å²) in [5, 5.41) is 10.6. The zero-order chi connectivity index (χ0) is 14.6. The molecule has 0 aliphatic carbocycles. The summed E-state index contributed by atoms with van der Waals surface area (Å²) in [6.45, 7) is 3.50. The van der Waals surface area contributed by atoms with Gasteiger partial charge in [0.25, 0.3) is 0 Å². The maximum Gasteiger partial charge on any atom is 0.223 e. The Kier molecular flexibility index (Phi) is 4.78. The van der Waals surface area contributed by atoms with E-state index in [1.165, 1.54) is 5.56 Å². The summed E-state index contributed by atoms with van der Waals surface area (Å²) in [6, 6.07) is 10.1. The summed E-state index contributed by atoms with van der Waals surface area (Å²) in [5.41, 5.74) is 5.94. The zero-order valence-corrected chi connectivity index (χ0v) is 12.1. The molecule has 4 heteroatoms. The Hall–Kier alpha value is -1.39. The Labute approximate surface area is 120 Å². The number of hydrogen-bond donors (Lipinski definition) is 2. The minimum Gasteiger partial charge on any atom is -0.390 e. The standard InChI is InChI=1S/C16H24N2O2/c1-16(20)8-10-18(15(19)7-9-17)12-14(16)11-13-5-3-2-4-6-13/h2-6,14,20H,7-12,17H2,1H3/t14-,16+/m0/s1. The molecular weight excluding hydrogens is 252 g/mol. The number of benzene rings is 1.